The average molecular weight is 359 g/mol. The molecule has 1 aromatic carbocycles. The van der Waals surface area contributed by atoms with E-state index in [1.54, 1.807) is 0 Å². The molecule has 140 valence electrons. The molecule has 0 radical (unpaired) electrons. The number of carbonyl (C=O) groups is 2. The molecular weight excluding hydrogens is 334 g/mol. The highest BCUT2D eigenvalue weighted by Crippen LogP contribution is 2.26. The van der Waals surface area contributed by atoms with Crippen molar-refractivity contribution in [1.29, 1.82) is 0 Å². The molecule has 0 bridgehead atoms. The number of fused-ring (bicyclic) bond motifs is 1. The van der Waals surface area contributed by atoms with E-state index in [1.165, 1.54) is 0 Å². The summed E-state index contributed by atoms with van der Waals surface area (Å²) in [6.07, 6.45) is 1.54. The smallest absolute Gasteiger partial charge is 0.317 e. The molecule has 7 nitrogen and oxygen atoms in total. The molecule has 1 aromatic heterocycles. The molecule has 3 N–H and O–H groups in total. The van der Waals surface area contributed by atoms with Crippen LogP contribution in [-0.4, -0.2) is 47.2 Å². The summed E-state index contributed by atoms with van der Waals surface area (Å²) >= 11 is 0. The molecule has 0 unspecified atom stereocenters. The Morgan fingerprint density at radius 1 is 1.35 bits per heavy atom. The molecule has 1 saturated carbocycles. The highest BCUT2D eigenvalue weighted by molar-refractivity contribution is 5.78. The Morgan fingerprint density at radius 2 is 2.08 bits per heavy atom. The zero-order valence-corrected chi connectivity index (χ0v) is 15.1. The summed E-state index contributed by atoms with van der Waals surface area (Å²) in [7, 11) is 0. The van der Waals surface area contributed by atoms with Crippen molar-refractivity contribution in [2.75, 3.05) is 13.1 Å². The molecular formula is C19H25N3O4. The molecule has 0 aliphatic heterocycles. The lowest BCUT2D eigenvalue weighted by atomic mass is 9.85. The summed E-state index contributed by atoms with van der Waals surface area (Å²) in [5, 5.41) is 15.8. The number of urea groups is 1. The molecule has 0 saturated heterocycles. The van der Waals surface area contributed by atoms with Gasteiger partial charge in [0.25, 0.3) is 0 Å². The van der Waals surface area contributed by atoms with Crippen LogP contribution in [0.2, 0.25) is 0 Å². The number of aliphatic carboxylic acids is 1. The third-order valence-corrected chi connectivity index (χ3v) is 4.93. The summed E-state index contributed by atoms with van der Waals surface area (Å²) < 4.78 is 5.77. The number of nitrogens with one attached hydrogen (secondary N) is 2. The van der Waals surface area contributed by atoms with Gasteiger partial charge in [0, 0.05) is 17.5 Å². The molecule has 2 aromatic rings. The lowest BCUT2D eigenvalue weighted by molar-refractivity contribution is -0.139. The maximum Gasteiger partial charge on any atom is 0.317 e. The second kappa shape index (κ2) is 7.78. The standard InChI is InChI=1S/C19H25N3O4/c1-3-22(11-18(23)24)15-9-14(10-15)21-19(25)20-12(2)17-8-13-6-4-5-7-16(13)26-17/h4-8,12,14-15H,3,9-11H2,1-2H3,(H,23,24)(H2,20,21,25)/t12-,14?,15?/m1/s1. The normalized spacial score (nSPS) is 20.6. The first kappa shape index (κ1) is 18.3. The largest absolute Gasteiger partial charge is 0.480 e. The summed E-state index contributed by atoms with van der Waals surface area (Å²) in [6, 6.07) is 9.49. The topological polar surface area (TPSA) is 94.8 Å². The van der Waals surface area contributed by atoms with Gasteiger partial charge in [-0.2, -0.15) is 0 Å². The summed E-state index contributed by atoms with van der Waals surface area (Å²) in [4.78, 5) is 25.0. The Bertz CT molecular complexity index is 749. The highest BCUT2D eigenvalue weighted by Gasteiger charge is 2.34. The van der Waals surface area contributed by atoms with Crippen LogP contribution >= 0.6 is 0 Å². The third-order valence-electron chi connectivity index (χ3n) is 4.93. The number of furan rings is 1. The fourth-order valence-corrected chi connectivity index (χ4v) is 3.39. The van der Waals surface area contributed by atoms with E-state index in [9.17, 15) is 9.59 Å². The molecule has 2 amide bonds. The zero-order valence-electron chi connectivity index (χ0n) is 15.1. The Balaban J connectivity index is 1.46. The predicted octanol–water partition coefficient (Wildman–Crippen LogP) is 2.73. The first-order chi connectivity index (χ1) is 12.5. The maximum absolute atomic E-state index is 12.2. The third kappa shape index (κ3) is 4.16. The van der Waals surface area contributed by atoms with Crippen molar-refractivity contribution in [1.82, 2.24) is 15.5 Å². The van der Waals surface area contributed by atoms with Gasteiger partial charge < -0.3 is 20.2 Å². The van der Waals surface area contributed by atoms with Crippen molar-refractivity contribution in [3.63, 3.8) is 0 Å². The van der Waals surface area contributed by atoms with Gasteiger partial charge in [0.1, 0.15) is 11.3 Å². The number of hydrogen-bond donors (Lipinski definition) is 3. The van der Waals surface area contributed by atoms with E-state index < -0.39 is 5.97 Å². The zero-order chi connectivity index (χ0) is 18.7. The Labute approximate surface area is 152 Å². The Hall–Kier alpha value is -2.54. The number of carboxylic acids is 1. The molecule has 1 aliphatic rings. The Morgan fingerprint density at radius 3 is 2.73 bits per heavy atom. The van der Waals surface area contributed by atoms with Gasteiger partial charge in [-0.15, -0.1) is 0 Å². The SMILES string of the molecule is CCN(CC(=O)O)C1CC(NC(=O)N[C@H](C)c2cc3ccccc3o2)C1. The maximum atomic E-state index is 12.2. The van der Waals surface area contributed by atoms with Crippen LogP contribution in [0.25, 0.3) is 11.0 Å². The molecule has 0 spiro atoms. The van der Waals surface area contributed by atoms with Crippen LogP contribution in [-0.2, 0) is 4.79 Å². The molecule has 1 atom stereocenters. The molecule has 1 aliphatic carbocycles. The summed E-state index contributed by atoms with van der Waals surface area (Å²) in [5.41, 5.74) is 0.802. The number of hydrogen-bond acceptors (Lipinski definition) is 4. The van der Waals surface area contributed by atoms with Crippen molar-refractivity contribution in [3.05, 3.63) is 36.1 Å². The van der Waals surface area contributed by atoms with Crippen molar-refractivity contribution >= 4 is 23.0 Å². The lowest BCUT2D eigenvalue weighted by Gasteiger charge is -2.42. The minimum Gasteiger partial charge on any atom is -0.480 e. The molecule has 1 fully saturated rings. The average Bonchev–Trinajstić information content (AvgIpc) is 3.00. The van der Waals surface area contributed by atoms with Gasteiger partial charge in [-0.1, -0.05) is 25.1 Å². The number of benzene rings is 1. The minimum absolute atomic E-state index is 0.0448. The van der Waals surface area contributed by atoms with E-state index in [2.05, 4.69) is 10.6 Å². The van der Waals surface area contributed by atoms with Crippen LogP contribution in [0.3, 0.4) is 0 Å². The van der Waals surface area contributed by atoms with Gasteiger partial charge in [0.15, 0.2) is 0 Å². The minimum atomic E-state index is -0.819. The lowest BCUT2D eigenvalue weighted by Crippen LogP contribution is -2.56. The van der Waals surface area contributed by atoms with Gasteiger partial charge >= 0.3 is 12.0 Å². The van der Waals surface area contributed by atoms with Crippen LogP contribution in [0.15, 0.2) is 34.7 Å². The number of carbonyl (C=O) groups excluding carboxylic acids is 1. The van der Waals surface area contributed by atoms with Gasteiger partial charge in [-0.25, -0.2) is 4.79 Å². The van der Waals surface area contributed by atoms with Crippen molar-refractivity contribution in [3.8, 4) is 0 Å². The van der Waals surface area contributed by atoms with Gasteiger partial charge in [-0.3, -0.25) is 9.69 Å². The number of rotatable bonds is 7. The predicted molar refractivity (Wildman–Crippen MR) is 98.0 cm³/mol. The fraction of sp³-hybridized carbons (Fsp3) is 0.474. The number of amides is 2. The number of carboxylic acid groups (broad SMARTS) is 1. The highest BCUT2D eigenvalue weighted by atomic mass is 16.4. The van der Waals surface area contributed by atoms with E-state index in [0.717, 1.165) is 23.8 Å². The van der Waals surface area contributed by atoms with Gasteiger partial charge in [0.2, 0.25) is 0 Å². The van der Waals surface area contributed by atoms with Crippen LogP contribution in [0.1, 0.15) is 38.5 Å². The van der Waals surface area contributed by atoms with Crippen molar-refractivity contribution in [2.45, 2.75) is 44.8 Å². The Kier molecular flexibility index (Phi) is 5.46. The molecule has 1 heterocycles. The molecule has 26 heavy (non-hydrogen) atoms. The first-order valence-corrected chi connectivity index (χ1v) is 8.97. The van der Waals surface area contributed by atoms with Crippen molar-refractivity contribution in [2.24, 2.45) is 0 Å². The van der Waals surface area contributed by atoms with E-state index in [1.807, 2.05) is 49.1 Å². The molecule has 3 rings (SSSR count). The van der Waals surface area contributed by atoms with E-state index in [-0.39, 0.29) is 30.7 Å². The van der Waals surface area contributed by atoms with E-state index in [0.29, 0.717) is 12.3 Å². The van der Waals surface area contributed by atoms with Crippen LogP contribution in [0, 0.1) is 0 Å². The number of nitrogens with zero attached hydrogens (tertiary/aromatic N) is 1. The van der Waals surface area contributed by atoms with Gasteiger partial charge in [-0.05, 0) is 38.4 Å². The quantitative estimate of drug-likeness (QED) is 0.707. The van der Waals surface area contributed by atoms with E-state index in [4.69, 9.17) is 9.52 Å². The first-order valence-electron chi connectivity index (χ1n) is 8.97. The second-order valence-electron chi connectivity index (χ2n) is 6.81. The molecule has 7 heteroatoms. The number of para-hydroxylation sites is 1. The van der Waals surface area contributed by atoms with Crippen LogP contribution in [0.5, 0.6) is 0 Å². The van der Waals surface area contributed by atoms with Crippen molar-refractivity contribution < 1.29 is 19.1 Å². The summed E-state index contributed by atoms with van der Waals surface area (Å²) in [5.74, 6) is -0.105. The van der Waals surface area contributed by atoms with Gasteiger partial charge in [0.05, 0.1) is 12.6 Å². The van der Waals surface area contributed by atoms with E-state index >= 15 is 0 Å². The monoisotopic (exact) mass is 359 g/mol. The number of likely N-dealkylation sites (N-methyl/N-ethyl adjacent to an activating group) is 1. The second-order valence-corrected chi connectivity index (χ2v) is 6.81. The summed E-state index contributed by atoms with van der Waals surface area (Å²) in [6.45, 7) is 4.57. The fourth-order valence-electron chi connectivity index (χ4n) is 3.39. The van der Waals surface area contributed by atoms with Crippen LogP contribution < -0.4 is 10.6 Å². The van der Waals surface area contributed by atoms with Crippen LogP contribution in [0.4, 0.5) is 4.79 Å².